The van der Waals surface area contributed by atoms with Gasteiger partial charge in [0.15, 0.2) is 5.96 Å². The monoisotopic (exact) mass is 424 g/mol. The Hall–Kier alpha value is -0.0800. The predicted molar refractivity (Wildman–Crippen MR) is 103 cm³/mol. The Balaban J connectivity index is 0.00000242. The number of piperidine rings is 1. The van der Waals surface area contributed by atoms with Gasteiger partial charge >= 0.3 is 0 Å². The van der Waals surface area contributed by atoms with Gasteiger partial charge in [0.2, 0.25) is 0 Å². The fourth-order valence-corrected chi connectivity index (χ4v) is 3.34. The van der Waals surface area contributed by atoms with Crippen molar-refractivity contribution in [1.82, 2.24) is 10.2 Å². The van der Waals surface area contributed by atoms with Crippen molar-refractivity contribution in [3.05, 3.63) is 0 Å². The van der Waals surface area contributed by atoms with E-state index in [4.69, 9.17) is 10.5 Å². The van der Waals surface area contributed by atoms with E-state index in [1.807, 2.05) is 0 Å². The van der Waals surface area contributed by atoms with Crippen LogP contribution in [0, 0.1) is 5.92 Å². The molecule has 6 heteroatoms. The van der Waals surface area contributed by atoms with Crippen molar-refractivity contribution in [1.29, 1.82) is 0 Å². The van der Waals surface area contributed by atoms with Crippen LogP contribution in [-0.2, 0) is 4.74 Å². The number of likely N-dealkylation sites (tertiary alicyclic amines) is 1. The highest BCUT2D eigenvalue weighted by Crippen LogP contribution is 2.18. The lowest BCUT2D eigenvalue weighted by atomic mass is 9.95. The summed E-state index contributed by atoms with van der Waals surface area (Å²) in [5, 5.41) is 3.40. The maximum Gasteiger partial charge on any atom is 0.188 e. The Bertz CT molecular complexity index is 313. The van der Waals surface area contributed by atoms with E-state index in [0.717, 1.165) is 19.7 Å². The van der Waals surface area contributed by atoms with Crippen LogP contribution in [0.2, 0.25) is 0 Å². The van der Waals surface area contributed by atoms with Crippen LogP contribution >= 0.6 is 24.0 Å². The van der Waals surface area contributed by atoms with E-state index >= 15 is 0 Å². The molecule has 3 N–H and O–H groups in total. The quantitative estimate of drug-likeness (QED) is 0.390. The molecule has 5 nitrogen and oxygen atoms in total. The average molecular weight is 424 g/mol. The van der Waals surface area contributed by atoms with Gasteiger partial charge in [-0.1, -0.05) is 19.3 Å². The zero-order chi connectivity index (χ0) is 14.9. The highest BCUT2D eigenvalue weighted by molar-refractivity contribution is 14.0. The van der Waals surface area contributed by atoms with Crippen LogP contribution in [0.5, 0.6) is 0 Å². The summed E-state index contributed by atoms with van der Waals surface area (Å²) >= 11 is 0. The van der Waals surface area contributed by atoms with Gasteiger partial charge in [0.05, 0.1) is 6.61 Å². The molecule has 22 heavy (non-hydrogen) atoms. The standard InChI is InChI=1S/C16H32N4O.HI/c1-21-12-11-20-9-7-14(8-10-20)13-18-16(17)19-15-5-3-2-4-6-15;/h14-15H,2-13H2,1H3,(H3,17,18,19);1H. The van der Waals surface area contributed by atoms with Crippen molar-refractivity contribution < 1.29 is 4.74 Å². The predicted octanol–water partition coefficient (Wildman–Crippen LogP) is 2.20. The van der Waals surface area contributed by atoms with Crippen LogP contribution in [0.25, 0.3) is 0 Å². The van der Waals surface area contributed by atoms with Gasteiger partial charge < -0.3 is 20.7 Å². The molecule has 0 radical (unpaired) electrons. The number of guanidine groups is 1. The molecule has 0 amide bonds. The van der Waals surface area contributed by atoms with E-state index < -0.39 is 0 Å². The van der Waals surface area contributed by atoms with E-state index in [0.29, 0.717) is 17.9 Å². The van der Waals surface area contributed by atoms with Crippen molar-refractivity contribution in [2.45, 2.75) is 51.0 Å². The van der Waals surface area contributed by atoms with Crippen LogP contribution in [0.1, 0.15) is 44.9 Å². The Morgan fingerprint density at radius 2 is 1.86 bits per heavy atom. The summed E-state index contributed by atoms with van der Waals surface area (Å²) in [5.41, 5.74) is 6.03. The Labute approximate surface area is 152 Å². The summed E-state index contributed by atoms with van der Waals surface area (Å²) < 4.78 is 5.13. The smallest absolute Gasteiger partial charge is 0.188 e. The number of nitrogens with one attached hydrogen (secondary N) is 1. The first-order valence-corrected chi connectivity index (χ1v) is 8.55. The van der Waals surface area contributed by atoms with E-state index in [-0.39, 0.29) is 24.0 Å². The fraction of sp³-hybridized carbons (Fsp3) is 0.938. The minimum absolute atomic E-state index is 0. The second-order valence-corrected chi connectivity index (χ2v) is 6.48. The van der Waals surface area contributed by atoms with Gasteiger partial charge in [-0.2, -0.15) is 0 Å². The largest absolute Gasteiger partial charge is 0.383 e. The maximum atomic E-state index is 6.03. The number of aliphatic imine (C=N–C) groups is 1. The number of nitrogens with two attached hydrogens (primary N) is 1. The molecule has 2 fully saturated rings. The van der Waals surface area contributed by atoms with Crippen molar-refractivity contribution in [2.24, 2.45) is 16.6 Å². The van der Waals surface area contributed by atoms with Crippen molar-refractivity contribution in [2.75, 3.05) is 39.9 Å². The molecular weight excluding hydrogens is 391 g/mol. The minimum atomic E-state index is 0. The molecule has 0 bridgehead atoms. The number of ether oxygens (including phenoxy) is 1. The molecule has 1 saturated carbocycles. The lowest BCUT2D eigenvalue weighted by molar-refractivity contribution is 0.121. The normalized spacial score (nSPS) is 22.3. The molecule has 0 aromatic carbocycles. The first-order chi connectivity index (χ1) is 10.3. The van der Waals surface area contributed by atoms with Crippen LogP contribution in [0.3, 0.4) is 0 Å². The average Bonchev–Trinajstić information content (AvgIpc) is 2.53. The zero-order valence-corrected chi connectivity index (χ0v) is 16.3. The Kier molecular flexibility index (Phi) is 10.4. The second-order valence-electron chi connectivity index (χ2n) is 6.48. The van der Waals surface area contributed by atoms with Crippen LogP contribution in [0.4, 0.5) is 0 Å². The van der Waals surface area contributed by atoms with Gasteiger partial charge in [-0.15, -0.1) is 24.0 Å². The van der Waals surface area contributed by atoms with Gasteiger partial charge in [0.25, 0.3) is 0 Å². The number of nitrogens with zero attached hydrogens (tertiary/aromatic N) is 2. The summed E-state index contributed by atoms with van der Waals surface area (Å²) in [6, 6.07) is 0.554. The lowest BCUT2D eigenvalue weighted by Gasteiger charge is -2.31. The lowest BCUT2D eigenvalue weighted by Crippen LogP contribution is -2.41. The summed E-state index contributed by atoms with van der Waals surface area (Å²) in [7, 11) is 1.77. The van der Waals surface area contributed by atoms with Gasteiger partial charge in [-0.25, -0.2) is 0 Å². The highest BCUT2D eigenvalue weighted by Gasteiger charge is 2.19. The van der Waals surface area contributed by atoms with E-state index in [2.05, 4.69) is 15.2 Å². The first kappa shape index (κ1) is 20.0. The van der Waals surface area contributed by atoms with Crippen molar-refractivity contribution in [3.63, 3.8) is 0 Å². The second kappa shape index (κ2) is 11.5. The molecule has 0 unspecified atom stereocenters. The number of methoxy groups -OCH3 is 1. The van der Waals surface area contributed by atoms with Crippen LogP contribution < -0.4 is 11.1 Å². The van der Waals surface area contributed by atoms with Crippen molar-refractivity contribution in [3.8, 4) is 0 Å². The highest BCUT2D eigenvalue weighted by atomic mass is 127. The molecule has 0 aromatic heterocycles. The number of rotatable bonds is 6. The van der Waals surface area contributed by atoms with E-state index in [1.54, 1.807) is 7.11 Å². The van der Waals surface area contributed by atoms with Gasteiger partial charge in [0, 0.05) is 26.2 Å². The number of hydrogen-bond acceptors (Lipinski definition) is 3. The van der Waals surface area contributed by atoms with Crippen molar-refractivity contribution >= 4 is 29.9 Å². The molecule has 2 rings (SSSR count). The van der Waals surface area contributed by atoms with E-state index in [1.165, 1.54) is 58.0 Å². The molecule has 0 spiro atoms. The third kappa shape index (κ3) is 7.46. The first-order valence-electron chi connectivity index (χ1n) is 8.55. The fourth-order valence-electron chi connectivity index (χ4n) is 3.34. The molecule has 0 atom stereocenters. The van der Waals surface area contributed by atoms with Crippen LogP contribution in [0.15, 0.2) is 4.99 Å². The Morgan fingerprint density at radius 1 is 1.18 bits per heavy atom. The van der Waals surface area contributed by atoms with Gasteiger partial charge in [-0.05, 0) is 44.7 Å². The third-order valence-corrected chi connectivity index (χ3v) is 4.80. The molecule has 2 aliphatic rings. The zero-order valence-electron chi connectivity index (χ0n) is 13.9. The summed E-state index contributed by atoms with van der Waals surface area (Å²) in [4.78, 5) is 7.05. The molecule has 0 aromatic rings. The molecule has 1 aliphatic carbocycles. The summed E-state index contributed by atoms with van der Waals surface area (Å²) in [6.45, 7) is 5.10. The topological polar surface area (TPSA) is 62.9 Å². The number of halogens is 1. The maximum absolute atomic E-state index is 6.03. The summed E-state index contributed by atoms with van der Waals surface area (Å²) in [6.07, 6.45) is 8.96. The summed E-state index contributed by atoms with van der Waals surface area (Å²) in [5.74, 6) is 1.35. The van der Waals surface area contributed by atoms with Gasteiger partial charge in [-0.3, -0.25) is 4.99 Å². The Morgan fingerprint density at radius 3 is 2.50 bits per heavy atom. The molecule has 130 valence electrons. The van der Waals surface area contributed by atoms with Crippen LogP contribution in [-0.4, -0.2) is 56.8 Å². The minimum Gasteiger partial charge on any atom is -0.383 e. The van der Waals surface area contributed by atoms with E-state index in [9.17, 15) is 0 Å². The molecule has 1 heterocycles. The molecule has 1 aliphatic heterocycles. The molecule has 1 saturated heterocycles. The molecular formula is C16H33IN4O. The van der Waals surface area contributed by atoms with Gasteiger partial charge in [0.1, 0.15) is 0 Å². The third-order valence-electron chi connectivity index (χ3n) is 4.80. The number of hydrogen-bond donors (Lipinski definition) is 2. The SMILES string of the molecule is COCCN1CCC(CN=C(N)NC2CCCCC2)CC1.I.